The number of rotatable bonds is 3. The molecule has 1 aliphatic carbocycles. The van der Waals surface area contributed by atoms with Crippen molar-refractivity contribution >= 4 is 11.3 Å². The SMILES string of the molecule is C=C(c1ccccc1N=O)C1CCCCC1. The van der Waals surface area contributed by atoms with Gasteiger partial charge >= 0.3 is 0 Å². The van der Waals surface area contributed by atoms with E-state index in [1.54, 1.807) is 6.07 Å². The second-order valence-corrected chi connectivity index (χ2v) is 4.47. The first-order chi connectivity index (χ1) is 7.83. The molecule has 0 atom stereocenters. The average molecular weight is 215 g/mol. The second-order valence-electron chi connectivity index (χ2n) is 4.47. The predicted octanol–water partition coefficient (Wildman–Crippen LogP) is 4.68. The molecule has 0 saturated heterocycles. The van der Waals surface area contributed by atoms with Gasteiger partial charge < -0.3 is 0 Å². The molecule has 16 heavy (non-hydrogen) atoms. The molecule has 0 amide bonds. The van der Waals surface area contributed by atoms with Crippen molar-refractivity contribution in [3.63, 3.8) is 0 Å². The minimum Gasteiger partial charge on any atom is -0.145 e. The van der Waals surface area contributed by atoms with Crippen molar-refractivity contribution in [2.45, 2.75) is 32.1 Å². The maximum Gasteiger partial charge on any atom is 0.115 e. The highest BCUT2D eigenvalue weighted by Gasteiger charge is 2.19. The van der Waals surface area contributed by atoms with Crippen LogP contribution < -0.4 is 0 Å². The fourth-order valence-electron chi connectivity index (χ4n) is 2.50. The van der Waals surface area contributed by atoms with Crippen LogP contribution in [0.25, 0.3) is 5.57 Å². The number of benzene rings is 1. The third kappa shape index (κ3) is 2.21. The highest BCUT2D eigenvalue weighted by atomic mass is 16.3. The summed E-state index contributed by atoms with van der Waals surface area (Å²) in [5, 5.41) is 3.08. The summed E-state index contributed by atoms with van der Waals surface area (Å²) in [6.45, 7) is 4.16. The van der Waals surface area contributed by atoms with E-state index < -0.39 is 0 Å². The lowest BCUT2D eigenvalue weighted by Crippen LogP contribution is -2.07. The van der Waals surface area contributed by atoms with Gasteiger partial charge in [-0.3, -0.25) is 0 Å². The first-order valence-corrected chi connectivity index (χ1v) is 5.94. The van der Waals surface area contributed by atoms with Crippen molar-refractivity contribution in [1.29, 1.82) is 0 Å². The van der Waals surface area contributed by atoms with Gasteiger partial charge in [-0.2, -0.15) is 0 Å². The van der Waals surface area contributed by atoms with Crippen molar-refractivity contribution in [3.05, 3.63) is 41.3 Å². The van der Waals surface area contributed by atoms with Crippen molar-refractivity contribution in [3.8, 4) is 0 Å². The zero-order valence-corrected chi connectivity index (χ0v) is 9.48. The Bertz CT molecular complexity index is 391. The molecule has 0 unspecified atom stereocenters. The number of allylic oxidation sites excluding steroid dienone is 1. The van der Waals surface area contributed by atoms with E-state index in [1.165, 1.54) is 32.1 Å². The Morgan fingerprint density at radius 1 is 1.19 bits per heavy atom. The summed E-state index contributed by atoms with van der Waals surface area (Å²) < 4.78 is 0. The molecule has 1 fully saturated rings. The molecule has 1 saturated carbocycles. The van der Waals surface area contributed by atoms with Crippen LogP contribution in [0.3, 0.4) is 0 Å². The predicted molar refractivity (Wildman–Crippen MR) is 67.5 cm³/mol. The number of nitroso groups, excluding NO2 is 1. The third-order valence-electron chi connectivity index (χ3n) is 3.45. The molecule has 2 heteroatoms. The Hall–Kier alpha value is -1.44. The van der Waals surface area contributed by atoms with Gasteiger partial charge in [0, 0.05) is 5.56 Å². The Kier molecular flexibility index (Phi) is 3.50. The van der Waals surface area contributed by atoms with Crippen molar-refractivity contribution < 1.29 is 0 Å². The van der Waals surface area contributed by atoms with E-state index in [4.69, 9.17) is 0 Å². The maximum atomic E-state index is 10.7. The zero-order chi connectivity index (χ0) is 11.4. The van der Waals surface area contributed by atoms with Crippen LogP contribution >= 0.6 is 0 Å². The summed E-state index contributed by atoms with van der Waals surface area (Å²) in [5.74, 6) is 0.539. The summed E-state index contributed by atoms with van der Waals surface area (Å²) in [5.41, 5.74) is 2.55. The van der Waals surface area contributed by atoms with E-state index in [1.807, 2.05) is 18.2 Å². The molecule has 0 spiro atoms. The normalized spacial score (nSPS) is 17.0. The van der Waals surface area contributed by atoms with Crippen molar-refractivity contribution in [2.24, 2.45) is 11.1 Å². The molecule has 2 rings (SSSR count). The molecule has 2 nitrogen and oxygen atoms in total. The Balaban J connectivity index is 2.22. The van der Waals surface area contributed by atoms with Gasteiger partial charge in [-0.1, -0.05) is 44.0 Å². The van der Waals surface area contributed by atoms with E-state index in [0.717, 1.165) is 11.1 Å². The van der Waals surface area contributed by atoms with Crippen LogP contribution in [0.2, 0.25) is 0 Å². The van der Waals surface area contributed by atoms with E-state index in [9.17, 15) is 4.91 Å². The molecule has 0 aromatic heterocycles. The standard InChI is InChI=1S/C14H17NO/c1-11(12-7-3-2-4-8-12)13-9-5-6-10-14(13)15-16/h5-6,9-10,12H,1-4,7-8H2. The molecular formula is C14H17NO. The van der Waals surface area contributed by atoms with Gasteiger partial charge in [0.25, 0.3) is 0 Å². The fourth-order valence-corrected chi connectivity index (χ4v) is 2.50. The molecule has 1 aromatic carbocycles. The van der Waals surface area contributed by atoms with Crippen LogP contribution in [-0.4, -0.2) is 0 Å². The van der Waals surface area contributed by atoms with Crippen LogP contribution in [0.15, 0.2) is 36.0 Å². The smallest absolute Gasteiger partial charge is 0.115 e. The molecule has 0 heterocycles. The Morgan fingerprint density at radius 2 is 1.88 bits per heavy atom. The van der Waals surface area contributed by atoms with E-state index in [0.29, 0.717) is 11.6 Å². The van der Waals surface area contributed by atoms with Crippen LogP contribution in [0.5, 0.6) is 0 Å². The summed E-state index contributed by atoms with van der Waals surface area (Å²) >= 11 is 0. The van der Waals surface area contributed by atoms with Gasteiger partial charge in [-0.25, -0.2) is 0 Å². The van der Waals surface area contributed by atoms with Crippen LogP contribution in [0, 0.1) is 10.8 Å². The largest absolute Gasteiger partial charge is 0.145 e. The maximum absolute atomic E-state index is 10.7. The summed E-state index contributed by atoms with van der Waals surface area (Å²) in [6.07, 6.45) is 6.29. The number of nitrogens with zero attached hydrogens (tertiary/aromatic N) is 1. The fraction of sp³-hybridized carbons (Fsp3) is 0.429. The molecule has 84 valence electrons. The van der Waals surface area contributed by atoms with Crippen LogP contribution in [0.1, 0.15) is 37.7 Å². The average Bonchev–Trinajstić information content (AvgIpc) is 2.39. The number of hydrogen-bond donors (Lipinski definition) is 0. The third-order valence-corrected chi connectivity index (χ3v) is 3.45. The first-order valence-electron chi connectivity index (χ1n) is 5.94. The topological polar surface area (TPSA) is 29.4 Å². The van der Waals surface area contributed by atoms with Crippen LogP contribution in [0.4, 0.5) is 5.69 Å². The van der Waals surface area contributed by atoms with E-state index in [-0.39, 0.29) is 0 Å². The first kappa shape index (κ1) is 11.1. The van der Waals surface area contributed by atoms with Gasteiger partial charge in [0.1, 0.15) is 5.69 Å². The minimum atomic E-state index is 0.526. The van der Waals surface area contributed by atoms with Crippen molar-refractivity contribution in [2.75, 3.05) is 0 Å². The highest BCUT2D eigenvalue weighted by Crippen LogP contribution is 2.37. The monoisotopic (exact) mass is 215 g/mol. The van der Waals surface area contributed by atoms with Gasteiger partial charge in [-0.05, 0) is 35.6 Å². The van der Waals surface area contributed by atoms with Crippen molar-refractivity contribution in [1.82, 2.24) is 0 Å². The van der Waals surface area contributed by atoms with E-state index in [2.05, 4.69) is 11.8 Å². The lowest BCUT2D eigenvalue weighted by atomic mass is 9.81. The molecule has 0 bridgehead atoms. The number of hydrogen-bond acceptors (Lipinski definition) is 2. The molecule has 0 radical (unpaired) electrons. The molecule has 1 aromatic rings. The lowest BCUT2D eigenvalue weighted by molar-refractivity contribution is 0.430. The molecule has 0 N–H and O–H groups in total. The minimum absolute atomic E-state index is 0.526. The van der Waals surface area contributed by atoms with Gasteiger partial charge in [0.05, 0.1) is 0 Å². The Labute approximate surface area is 96.4 Å². The van der Waals surface area contributed by atoms with E-state index >= 15 is 0 Å². The second kappa shape index (κ2) is 5.06. The summed E-state index contributed by atoms with van der Waals surface area (Å²) in [7, 11) is 0. The molecule has 0 aliphatic heterocycles. The Morgan fingerprint density at radius 3 is 2.56 bits per heavy atom. The zero-order valence-electron chi connectivity index (χ0n) is 9.48. The van der Waals surface area contributed by atoms with Gasteiger partial charge in [-0.15, -0.1) is 4.91 Å². The van der Waals surface area contributed by atoms with Gasteiger partial charge in [0.2, 0.25) is 0 Å². The lowest BCUT2D eigenvalue weighted by Gasteiger charge is -2.24. The highest BCUT2D eigenvalue weighted by molar-refractivity contribution is 5.74. The van der Waals surface area contributed by atoms with Gasteiger partial charge in [0.15, 0.2) is 0 Å². The van der Waals surface area contributed by atoms with Crippen LogP contribution in [-0.2, 0) is 0 Å². The molecule has 1 aliphatic rings. The summed E-state index contributed by atoms with van der Waals surface area (Å²) in [4.78, 5) is 10.7. The quantitative estimate of drug-likeness (QED) is 0.673. The summed E-state index contributed by atoms with van der Waals surface area (Å²) in [6, 6.07) is 7.50. The molecular weight excluding hydrogens is 198 g/mol.